The van der Waals surface area contributed by atoms with Crippen LogP contribution in [-0.4, -0.2) is 44.9 Å². The third-order valence-electron chi connectivity index (χ3n) is 5.90. The number of thioether (sulfide) groups is 1. The number of anilines is 1. The van der Waals surface area contributed by atoms with Crippen molar-refractivity contribution < 1.29 is 19.1 Å². The molecule has 0 bridgehead atoms. The zero-order valence-electron chi connectivity index (χ0n) is 20.9. The van der Waals surface area contributed by atoms with Crippen molar-refractivity contribution >= 4 is 68.8 Å². The number of esters is 1. The van der Waals surface area contributed by atoms with E-state index in [0.717, 1.165) is 29.7 Å². The molecule has 0 saturated heterocycles. The molecule has 0 spiro atoms. The number of hydrogen-bond donors (Lipinski definition) is 2. The standard InChI is InChI=1S/C26H24ClN5O4S3/c1-2-36-25(35)22-17-8-4-9-18(17)39-24(22)29-21(33)14-38-26-31-30-20(13-28-23(34)19-10-5-11-37-19)32(26)16-7-3-6-15(27)12-16/h3,5-7,10-12H,2,4,8-9,13-14H2,1H3,(H,28,34)(H,29,33). The normalized spacial score (nSPS) is 12.3. The van der Waals surface area contributed by atoms with Gasteiger partial charge in [-0.3, -0.25) is 14.2 Å². The van der Waals surface area contributed by atoms with Crippen molar-refractivity contribution in [3.05, 3.63) is 73.5 Å². The van der Waals surface area contributed by atoms with Crippen LogP contribution in [0.3, 0.4) is 0 Å². The second-order valence-electron chi connectivity index (χ2n) is 8.49. The second-order valence-corrected chi connectivity index (χ2v) is 11.9. The minimum atomic E-state index is -0.408. The number of amides is 2. The van der Waals surface area contributed by atoms with Crippen LogP contribution in [0.2, 0.25) is 5.02 Å². The third-order valence-corrected chi connectivity index (χ3v) is 9.14. The van der Waals surface area contributed by atoms with Crippen molar-refractivity contribution in [2.75, 3.05) is 17.7 Å². The molecular formula is C26H24ClN5O4S3. The molecule has 1 aliphatic carbocycles. The molecule has 9 nitrogen and oxygen atoms in total. The molecule has 1 aromatic carbocycles. The van der Waals surface area contributed by atoms with Crippen LogP contribution in [0, 0.1) is 0 Å². The van der Waals surface area contributed by atoms with Crippen LogP contribution in [0.1, 0.15) is 49.6 Å². The average molecular weight is 602 g/mol. The molecule has 202 valence electrons. The molecular weight excluding hydrogens is 578 g/mol. The van der Waals surface area contributed by atoms with Gasteiger partial charge in [-0.25, -0.2) is 4.79 Å². The maximum atomic E-state index is 13.0. The first-order valence-corrected chi connectivity index (χ1v) is 15.3. The molecule has 4 aromatic rings. The van der Waals surface area contributed by atoms with Crippen molar-refractivity contribution in [3.63, 3.8) is 0 Å². The van der Waals surface area contributed by atoms with Gasteiger partial charge in [-0.05, 0) is 61.4 Å². The van der Waals surface area contributed by atoms with E-state index < -0.39 is 5.97 Å². The molecule has 0 saturated carbocycles. The van der Waals surface area contributed by atoms with Gasteiger partial charge in [-0.15, -0.1) is 32.9 Å². The van der Waals surface area contributed by atoms with Crippen LogP contribution < -0.4 is 10.6 Å². The summed E-state index contributed by atoms with van der Waals surface area (Å²) in [5, 5.41) is 17.7. The Balaban J connectivity index is 1.32. The van der Waals surface area contributed by atoms with E-state index in [0.29, 0.717) is 37.1 Å². The van der Waals surface area contributed by atoms with E-state index in [4.69, 9.17) is 16.3 Å². The molecule has 3 aromatic heterocycles. The Bertz CT molecular complexity index is 1520. The lowest BCUT2D eigenvalue weighted by Gasteiger charge is -2.11. The van der Waals surface area contributed by atoms with Gasteiger partial charge >= 0.3 is 5.97 Å². The van der Waals surface area contributed by atoms with E-state index in [1.54, 1.807) is 35.8 Å². The molecule has 0 unspecified atom stereocenters. The second kappa shape index (κ2) is 12.3. The van der Waals surface area contributed by atoms with Crippen molar-refractivity contribution in [1.29, 1.82) is 0 Å². The highest BCUT2D eigenvalue weighted by Gasteiger charge is 2.28. The number of rotatable bonds is 10. The summed E-state index contributed by atoms with van der Waals surface area (Å²) >= 11 is 10.2. The summed E-state index contributed by atoms with van der Waals surface area (Å²) in [5.41, 5.74) is 2.16. The smallest absolute Gasteiger partial charge is 0.341 e. The van der Waals surface area contributed by atoms with Crippen molar-refractivity contribution in [1.82, 2.24) is 20.1 Å². The first-order chi connectivity index (χ1) is 18.9. The highest BCUT2D eigenvalue weighted by atomic mass is 35.5. The number of benzene rings is 1. The van der Waals surface area contributed by atoms with Gasteiger partial charge in [0, 0.05) is 9.90 Å². The molecule has 13 heteroatoms. The lowest BCUT2D eigenvalue weighted by Crippen LogP contribution is -2.24. The number of carbonyl (C=O) groups excluding carboxylic acids is 3. The van der Waals surface area contributed by atoms with E-state index in [9.17, 15) is 14.4 Å². The Kier molecular flexibility index (Phi) is 8.66. The first kappa shape index (κ1) is 27.4. The molecule has 5 rings (SSSR count). The maximum Gasteiger partial charge on any atom is 0.341 e. The molecule has 39 heavy (non-hydrogen) atoms. The maximum absolute atomic E-state index is 13.0. The summed E-state index contributed by atoms with van der Waals surface area (Å²) in [7, 11) is 0. The number of nitrogens with one attached hydrogen (secondary N) is 2. The molecule has 0 atom stereocenters. The number of ether oxygens (including phenoxy) is 1. The zero-order valence-corrected chi connectivity index (χ0v) is 24.1. The number of carbonyl (C=O) groups is 3. The number of aryl methyl sites for hydroxylation is 1. The summed E-state index contributed by atoms with van der Waals surface area (Å²) in [5.74, 6) is -0.372. The highest BCUT2D eigenvalue weighted by Crippen LogP contribution is 2.39. The van der Waals surface area contributed by atoms with Gasteiger partial charge in [0.05, 0.1) is 35.0 Å². The van der Waals surface area contributed by atoms with Crippen molar-refractivity contribution in [2.45, 2.75) is 37.9 Å². The fourth-order valence-corrected chi connectivity index (χ4v) is 7.13. The largest absolute Gasteiger partial charge is 0.462 e. The van der Waals surface area contributed by atoms with E-state index in [1.807, 2.05) is 17.5 Å². The number of fused-ring (bicyclic) bond motifs is 1. The molecule has 3 heterocycles. The molecule has 0 radical (unpaired) electrons. The van der Waals surface area contributed by atoms with E-state index in [1.165, 1.54) is 34.4 Å². The van der Waals surface area contributed by atoms with E-state index in [2.05, 4.69) is 20.8 Å². The quantitative estimate of drug-likeness (QED) is 0.185. The predicted molar refractivity (Wildman–Crippen MR) is 154 cm³/mol. The molecule has 2 amide bonds. The van der Waals surface area contributed by atoms with Crippen molar-refractivity contribution in [3.8, 4) is 5.69 Å². The lowest BCUT2D eigenvalue weighted by molar-refractivity contribution is -0.113. The minimum Gasteiger partial charge on any atom is -0.462 e. The van der Waals surface area contributed by atoms with Gasteiger partial charge in [-0.2, -0.15) is 0 Å². The summed E-state index contributed by atoms with van der Waals surface area (Å²) in [6.07, 6.45) is 2.69. The fraction of sp³-hybridized carbons (Fsp3) is 0.269. The Morgan fingerprint density at radius 2 is 2.05 bits per heavy atom. The van der Waals surface area contributed by atoms with Crippen LogP contribution in [0.4, 0.5) is 5.00 Å². The SMILES string of the molecule is CCOC(=O)c1c(NC(=O)CSc2nnc(CNC(=O)c3cccs3)n2-c2cccc(Cl)c2)sc2c1CCC2. The fourth-order valence-electron chi connectivity index (χ4n) is 4.24. The first-order valence-electron chi connectivity index (χ1n) is 12.2. The molecule has 0 fully saturated rings. The van der Waals surface area contributed by atoms with Crippen LogP contribution in [0.5, 0.6) is 0 Å². The van der Waals surface area contributed by atoms with Gasteiger partial charge in [0.2, 0.25) is 5.91 Å². The highest BCUT2D eigenvalue weighted by molar-refractivity contribution is 7.99. The Morgan fingerprint density at radius 3 is 2.82 bits per heavy atom. The van der Waals surface area contributed by atoms with Crippen LogP contribution in [0.15, 0.2) is 46.9 Å². The zero-order chi connectivity index (χ0) is 27.4. The molecule has 2 N–H and O–H groups in total. The van der Waals surface area contributed by atoms with Crippen molar-refractivity contribution in [2.24, 2.45) is 0 Å². The number of halogens is 1. The predicted octanol–water partition coefficient (Wildman–Crippen LogP) is 5.37. The van der Waals surface area contributed by atoms with Gasteiger partial charge in [0.25, 0.3) is 5.91 Å². The van der Waals surface area contributed by atoms with Crippen LogP contribution >= 0.6 is 46.0 Å². The minimum absolute atomic E-state index is 0.0328. The summed E-state index contributed by atoms with van der Waals surface area (Å²) in [4.78, 5) is 39.8. The number of hydrogen-bond acceptors (Lipinski definition) is 9. The molecule has 0 aliphatic heterocycles. The number of aromatic nitrogens is 3. The summed E-state index contributed by atoms with van der Waals surface area (Å²) < 4.78 is 7.02. The Morgan fingerprint density at radius 1 is 1.18 bits per heavy atom. The van der Waals surface area contributed by atoms with Gasteiger partial charge < -0.3 is 15.4 Å². The van der Waals surface area contributed by atoms with Crippen LogP contribution in [-0.2, 0) is 28.9 Å². The third kappa shape index (κ3) is 6.19. The van der Waals surface area contributed by atoms with E-state index >= 15 is 0 Å². The Hall–Kier alpha value is -3.19. The number of nitrogens with zero attached hydrogens (tertiary/aromatic N) is 3. The Labute approximate surface area is 241 Å². The van der Waals surface area contributed by atoms with Gasteiger partial charge in [-0.1, -0.05) is 35.5 Å². The number of thiophene rings is 2. The van der Waals surface area contributed by atoms with Gasteiger partial charge in [0.1, 0.15) is 5.00 Å². The molecule has 1 aliphatic rings. The van der Waals surface area contributed by atoms with E-state index in [-0.39, 0.29) is 30.7 Å². The van der Waals surface area contributed by atoms with Crippen LogP contribution in [0.25, 0.3) is 5.69 Å². The average Bonchev–Trinajstić information content (AvgIpc) is 3.71. The lowest BCUT2D eigenvalue weighted by atomic mass is 10.1. The summed E-state index contributed by atoms with van der Waals surface area (Å²) in [6.45, 7) is 2.16. The monoisotopic (exact) mass is 601 g/mol. The summed E-state index contributed by atoms with van der Waals surface area (Å²) in [6, 6.07) is 10.7. The van der Waals surface area contributed by atoms with Gasteiger partial charge in [0.15, 0.2) is 11.0 Å². The topological polar surface area (TPSA) is 115 Å².